The second kappa shape index (κ2) is 5.24. The zero-order chi connectivity index (χ0) is 10.4. The Morgan fingerprint density at radius 3 is 2.36 bits per heavy atom. The van der Waals surface area contributed by atoms with Crippen LogP contribution in [0.5, 0.6) is 0 Å². The van der Waals surface area contributed by atoms with Crippen LogP contribution >= 0.6 is 0 Å². The van der Waals surface area contributed by atoms with Crippen LogP contribution in [0.25, 0.3) is 0 Å². The van der Waals surface area contributed by atoms with Gasteiger partial charge in [0.1, 0.15) is 7.11 Å². The maximum atomic E-state index is 4.78. The third-order valence-corrected chi connectivity index (χ3v) is 1.71. The lowest BCUT2D eigenvalue weighted by Crippen LogP contribution is -2.23. The monoisotopic (exact) mass is 194 g/mol. The van der Waals surface area contributed by atoms with Gasteiger partial charge in [0.15, 0.2) is 5.84 Å². The van der Waals surface area contributed by atoms with Gasteiger partial charge in [0.25, 0.3) is 0 Å². The van der Waals surface area contributed by atoms with Crippen LogP contribution in [0.2, 0.25) is 0 Å². The highest BCUT2D eigenvalue weighted by Crippen LogP contribution is 2.03. The van der Waals surface area contributed by atoms with E-state index in [1.54, 1.807) is 0 Å². The van der Waals surface area contributed by atoms with Gasteiger partial charge in [0.2, 0.25) is 0 Å². The summed E-state index contributed by atoms with van der Waals surface area (Å²) in [6.07, 6.45) is 0. The topological polar surface area (TPSA) is 42.8 Å². The first-order valence-corrected chi connectivity index (χ1v) is 4.25. The Bertz CT molecular complexity index is 306. The van der Waals surface area contributed by atoms with Gasteiger partial charge >= 0.3 is 0 Å². The van der Waals surface area contributed by atoms with Gasteiger partial charge in [-0.25, -0.2) is 5.48 Å². The molecule has 0 aliphatic heterocycles. The highest BCUT2D eigenvalue weighted by Gasteiger charge is 2.02. The second-order valence-corrected chi connectivity index (χ2v) is 2.79. The van der Waals surface area contributed by atoms with Gasteiger partial charge in [-0.1, -0.05) is 35.0 Å². The summed E-state index contributed by atoms with van der Waals surface area (Å²) in [6.45, 7) is 2.03. The molecule has 0 unspecified atom stereocenters. The third-order valence-electron chi connectivity index (χ3n) is 1.71. The van der Waals surface area contributed by atoms with Crippen molar-refractivity contribution < 1.29 is 9.68 Å². The Hall–Kier alpha value is -1.55. The highest BCUT2D eigenvalue weighted by atomic mass is 16.7. The first kappa shape index (κ1) is 10.5. The van der Waals surface area contributed by atoms with E-state index in [0.29, 0.717) is 5.84 Å². The summed E-state index contributed by atoms with van der Waals surface area (Å²) < 4.78 is 0. The summed E-state index contributed by atoms with van der Waals surface area (Å²) in [4.78, 5) is 9.47. The number of hydrogen-bond acceptors (Lipinski definition) is 3. The zero-order valence-corrected chi connectivity index (χ0v) is 8.57. The predicted molar refractivity (Wildman–Crippen MR) is 54.9 cm³/mol. The molecule has 0 spiro atoms. The Morgan fingerprint density at radius 1 is 1.21 bits per heavy atom. The molecule has 1 aromatic rings. The first-order valence-electron chi connectivity index (χ1n) is 4.25. The maximum Gasteiger partial charge on any atom is 0.196 e. The number of amidine groups is 1. The maximum absolute atomic E-state index is 4.78. The molecular weight excluding hydrogens is 180 g/mol. The van der Waals surface area contributed by atoms with Gasteiger partial charge in [-0.3, -0.25) is 4.84 Å². The Balaban J connectivity index is 2.88. The number of hydrogen-bond donors (Lipinski definition) is 1. The molecule has 4 heteroatoms. The Labute approximate surface area is 83.5 Å². The van der Waals surface area contributed by atoms with Crippen molar-refractivity contribution in [3.63, 3.8) is 0 Å². The van der Waals surface area contributed by atoms with E-state index in [0.717, 1.165) is 5.56 Å². The molecular formula is C10H14N2O2. The Kier molecular flexibility index (Phi) is 3.94. The van der Waals surface area contributed by atoms with Crippen molar-refractivity contribution in [1.82, 2.24) is 5.48 Å². The standard InChI is InChI=1S/C10H14N2O2/c1-8-4-6-9(7-5-8)10(11-13-2)12-14-3/h4-7H,1-3H3,(H,11,12). The molecule has 0 amide bonds. The molecule has 1 aromatic carbocycles. The number of nitrogens with one attached hydrogen (secondary N) is 1. The molecule has 4 nitrogen and oxygen atoms in total. The lowest BCUT2D eigenvalue weighted by molar-refractivity contribution is 0.135. The van der Waals surface area contributed by atoms with E-state index in [1.165, 1.54) is 19.8 Å². The van der Waals surface area contributed by atoms with E-state index < -0.39 is 0 Å². The van der Waals surface area contributed by atoms with Crippen molar-refractivity contribution in [1.29, 1.82) is 0 Å². The van der Waals surface area contributed by atoms with Crippen LogP contribution in [-0.2, 0) is 9.68 Å². The lowest BCUT2D eigenvalue weighted by Gasteiger charge is -2.06. The van der Waals surface area contributed by atoms with Crippen LogP contribution in [0.1, 0.15) is 11.1 Å². The van der Waals surface area contributed by atoms with Gasteiger partial charge in [0.05, 0.1) is 7.11 Å². The summed E-state index contributed by atoms with van der Waals surface area (Å²) in [5.74, 6) is 0.551. The van der Waals surface area contributed by atoms with Crippen molar-refractivity contribution in [2.45, 2.75) is 6.92 Å². The molecule has 0 aromatic heterocycles. The van der Waals surface area contributed by atoms with Gasteiger partial charge in [-0.05, 0) is 6.92 Å². The van der Waals surface area contributed by atoms with Gasteiger partial charge in [-0.15, -0.1) is 0 Å². The molecule has 0 radical (unpaired) electrons. The van der Waals surface area contributed by atoms with E-state index in [4.69, 9.17) is 4.84 Å². The number of oxime groups is 1. The molecule has 0 saturated carbocycles. The molecule has 0 aliphatic rings. The molecule has 0 fully saturated rings. The first-order chi connectivity index (χ1) is 6.77. The van der Waals surface area contributed by atoms with Crippen LogP contribution in [0.3, 0.4) is 0 Å². The quantitative estimate of drug-likeness (QED) is 0.450. The molecule has 0 atom stereocenters. The molecule has 1 rings (SSSR count). The van der Waals surface area contributed by atoms with E-state index in [2.05, 4.69) is 15.5 Å². The normalized spacial score (nSPS) is 11.2. The average molecular weight is 194 g/mol. The second-order valence-electron chi connectivity index (χ2n) is 2.79. The third kappa shape index (κ3) is 2.74. The van der Waals surface area contributed by atoms with Crippen molar-refractivity contribution in [3.05, 3.63) is 35.4 Å². The van der Waals surface area contributed by atoms with E-state index in [1.807, 2.05) is 31.2 Å². The molecule has 14 heavy (non-hydrogen) atoms. The summed E-state index contributed by atoms with van der Waals surface area (Å²) in [5.41, 5.74) is 4.76. The lowest BCUT2D eigenvalue weighted by atomic mass is 10.1. The van der Waals surface area contributed by atoms with Crippen molar-refractivity contribution in [2.24, 2.45) is 5.16 Å². The van der Waals surface area contributed by atoms with Gasteiger partial charge in [0, 0.05) is 5.56 Å². The van der Waals surface area contributed by atoms with Crippen molar-refractivity contribution >= 4 is 5.84 Å². The molecule has 1 N–H and O–H groups in total. The highest BCUT2D eigenvalue weighted by molar-refractivity contribution is 5.97. The van der Waals surface area contributed by atoms with E-state index in [9.17, 15) is 0 Å². The summed E-state index contributed by atoms with van der Waals surface area (Å²) >= 11 is 0. The average Bonchev–Trinajstić information content (AvgIpc) is 2.19. The number of hydroxylamine groups is 1. The van der Waals surface area contributed by atoms with Crippen LogP contribution < -0.4 is 5.48 Å². The van der Waals surface area contributed by atoms with Gasteiger partial charge < -0.3 is 4.84 Å². The SMILES string of the molecule is CO/N=C(/NOC)c1ccc(C)cc1. The summed E-state index contributed by atoms with van der Waals surface area (Å²) in [7, 11) is 3.02. The Morgan fingerprint density at radius 2 is 1.86 bits per heavy atom. The molecule has 76 valence electrons. The predicted octanol–water partition coefficient (Wildman–Crippen LogP) is 1.45. The van der Waals surface area contributed by atoms with Crippen molar-refractivity contribution in [3.8, 4) is 0 Å². The van der Waals surface area contributed by atoms with Crippen LogP contribution in [0, 0.1) is 6.92 Å². The minimum Gasteiger partial charge on any atom is -0.397 e. The molecule has 0 aliphatic carbocycles. The smallest absolute Gasteiger partial charge is 0.196 e. The van der Waals surface area contributed by atoms with Crippen LogP contribution in [0.15, 0.2) is 29.4 Å². The minimum atomic E-state index is 0.551. The number of aryl methyl sites for hydroxylation is 1. The zero-order valence-electron chi connectivity index (χ0n) is 8.57. The van der Waals surface area contributed by atoms with Crippen molar-refractivity contribution in [2.75, 3.05) is 14.2 Å². The number of nitrogens with zero attached hydrogens (tertiary/aromatic N) is 1. The largest absolute Gasteiger partial charge is 0.397 e. The van der Waals surface area contributed by atoms with E-state index >= 15 is 0 Å². The number of rotatable bonds is 3. The number of benzene rings is 1. The molecule has 0 heterocycles. The fraction of sp³-hybridized carbons (Fsp3) is 0.300. The van der Waals surface area contributed by atoms with Crippen LogP contribution in [0.4, 0.5) is 0 Å². The summed E-state index contributed by atoms with van der Waals surface area (Å²) in [6, 6.07) is 7.88. The fourth-order valence-corrected chi connectivity index (χ4v) is 1.03. The van der Waals surface area contributed by atoms with Gasteiger partial charge in [-0.2, -0.15) is 0 Å². The van der Waals surface area contributed by atoms with E-state index in [-0.39, 0.29) is 0 Å². The summed E-state index contributed by atoms with van der Waals surface area (Å²) in [5, 5.41) is 3.79. The fourth-order valence-electron chi connectivity index (χ4n) is 1.03. The minimum absolute atomic E-state index is 0.551. The molecule has 0 bridgehead atoms. The van der Waals surface area contributed by atoms with Crippen LogP contribution in [-0.4, -0.2) is 20.1 Å². The molecule has 0 saturated heterocycles.